The third-order valence-corrected chi connectivity index (χ3v) is 3.35. The molecule has 0 radical (unpaired) electrons. The lowest BCUT2D eigenvalue weighted by Gasteiger charge is -2.05. The third-order valence-electron chi connectivity index (χ3n) is 3.35. The summed E-state index contributed by atoms with van der Waals surface area (Å²) in [6.07, 6.45) is 1.82. The van der Waals surface area contributed by atoms with Crippen LogP contribution in [0.25, 0.3) is 22.0 Å². The smallest absolute Gasteiger partial charge is 0.189 e. The lowest BCUT2D eigenvalue weighted by molar-refractivity contribution is 1.00. The summed E-state index contributed by atoms with van der Waals surface area (Å²) >= 11 is 0. The number of fused-ring (bicyclic) bond motifs is 1. The van der Waals surface area contributed by atoms with Gasteiger partial charge in [-0.25, -0.2) is 0 Å². The zero-order valence-corrected chi connectivity index (χ0v) is 12.4. The van der Waals surface area contributed by atoms with Gasteiger partial charge in [0.15, 0.2) is 5.43 Å². The Morgan fingerprint density at radius 3 is 2.57 bits per heavy atom. The van der Waals surface area contributed by atoms with Gasteiger partial charge >= 0.3 is 0 Å². The van der Waals surface area contributed by atoms with Crippen molar-refractivity contribution in [1.29, 1.82) is 0 Å². The molecule has 21 heavy (non-hydrogen) atoms. The monoisotopic (exact) mass is 301 g/mol. The summed E-state index contributed by atoms with van der Waals surface area (Å²) < 4.78 is 0. The molecular weight excluding hydrogens is 286 g/mol. The zero-order chi connectivity index (χ0) is 14.1. The molecule has 0 saturated carbocycles. The second-order valence-electron chi connectivity index (χ2n) is 4.81. The quantitative estimate of drug-likeness (QED) is 0.764. The summed E-state index contributed by atoms with van der Waals surface area (Å²) in [5, 5.41) is 0.667. The highest BCUT2D eigenvalue weighted by atomic mass is 35.5. The van der Waals surface area contributed by atoms with E-state index in [1.165, 1.54) is 0 Å². The number of pyridine rings is 2. The molecule has 0 unspecified atom stereocenters. The van der Waals surface area contributed by atoms with Gasteiger partial charge in [0.05, 0.1) is 0 Å². The SMILES string of the molecule is Cc1ccc(-c2ccc3[nH]c(CN)cc(=O)c3c2)cn1.Cl. The number of hydrogen-bond acceptors (Lipinski definition) is 3. The first-order chi connectivity index (χ1) is 9.67. The first kappa shape index (κ1) is 15.2. The van der Waals surface area contributed by atoms with Crippen LogP contribution in [-0.4, -0.2) is 9.97 Å². The van der Waals surface area contributed by atoms with Crippen LogP contribution in [0.5, 0.6) is 0 Å². The Bertz CT molecular complexity index is 825. The van der Waals surface area contributed by atoms with Crippen molar-refractivity contribution in [1.82, 2.24) is 9.97 Å². The van der Waals surface area contributed by atoms with Gasteiger partial charge < -0.3 is 10.7 Å². The van der Waals surface area contributed by atoms with Crippen molar-refractivity contribution >= 4 is 23.3 Å². The van der Waals surface area contributed by atoms with Crippen LogP contribution in [0.15, 0.2) is 47.4 Å². The van der Waals surface area contributed by atoms with Crippen LogP contribution in [0, 0.1) is 6.92 Å². The molecule has 0 spiro atoms. The second kappa shape index (κ2) is 6.08. The molecule has 5 heteroatoms. The second-order valence-corrected chi connectivity index (χ2v) is 4.81. The third kappa shape index (κ3) is 2.96. The van der Waals surface area contributed by atoms with Crippen molar-refractivity contribution in [3.8, 4) is 11.1 Å². The van der Waals surface area contributed by atoms with Gasteiger partial charge in [0.1, 0.15) is 0 Å². The van der Waals surface area contributed by atoms with Crippen LogP contribution in [0.3, 0.4) is 0 Å². The molecule has 3 N–H and O–H groups in total. The van der Waals surface area contributed by atoms with Crippen LogP contribution in [-0.2, 0) is 6.54 Å². The molecule has 2 aromatic heterocycles. The number of benzene rings is 1. The van der Waals surface area contributed by atoms with Crippen molar-refractivity contribution in [2.45, 2.75) is 13.5 Å². The lowest BCUT2D eigenvalue weighted by atomic mass is 10.0. The molecule has 3 aromatic rings. The first-order valence-electron chi connectivity index (χ1n) is 6.46. The lowest BCUT2D eigenvalue weighted by Crippen LogP contribution is -2.08. The van der Waals surface area contributed by atoms with Crippen molar-refractivity contribution in [3.05, 3.63) is 64.2 Å². The first-order valence-corrected chi connectivity index (χ1v) is 6.46. The molecular formula is C16H16ClN3O. The summed E-state index contributed by atoms with van der Waals surface area (Å²) in [5.74, 6) is 0. The van der Waals surface area contributed by atoms with Gasteiger partial charge in [-0.15, -0.1) is 12.4 Å². The maximum Gasteiger partial charge on any atom is 0.189 e. The van der Waals surface area contributed by atoms with Crippen LogP contribution < -0.4 is 11.2 Å². The van der Waals surface area contributed by atoms with Crippen LogP contribution in [0.4, 0.5) is 0 Å². The predicted molar refractivity (Wildman–Crippen MR) is 87.7 cm³/mol. The number of nitrogens with zero attached hydrogens (tertiary/aromatic N) is 1. The highest BCUT2D eigenvalue weighted by molar-refractivity contribution is 5.85. The fourth-order valence-electron chi connectivity index (χ4n) is 2.23. The Hall–Kier alpha value is -2.17. The number of halogens is 1. The Balaban J connectivity index is 0.00000161. The zero-order valence-electron chi connectivity index (χ0n) is 11.6. The molecule has 0 aliphatic rings. The van der Waals surface area contributed by atoms with Gasteiger partial charge in [0.25, 0.3) is 0 Å². The number of aromatic nitrogens is 2. The predicted octanol–water partition coefficient (Wildman–Crippen LogP) is 2.78. The molecule has 0 fully saturated rings. The molecule has 0 bridgehead atoms. The number of rotatable bonds is 2. The average molecular weight is 302 g/mol. The minimum absolute atomic E-state index is 0. The van der Waals surface area contributed by atoms with E-state index in [0.29, 0.717) is 11.9 Å². The van der Waals surface area contributed by atoms with E-state index in [1.807, 2.05) is 43.5 Å². The van der Waals surface area contributed by atoms with Crippen LogP contribution in [0.1, 0.15) is 11.4 Å². The number of nitrogens with two attached hydrogens (primary N) is 1. The number of aryl methyl sites for hydroxylation is 1. The Labute approximate surface area is 128 Å². The van der Waals surface area contributed by atoms with Crippen molar-refractivity contribution in [2.24, 2.45) is 5.73 Å². The van der Waals surface area contributed by atoms with E-state index in [1.54, 1.807) is 6.07 Å². The molecule has 0 atom stereocenters. The van der Waals surface area contributed by atoms with Crippen molar-refractivity contribution in [3.63, 3.8) is 0 Å². The highest BCUT2D eigenvalue weighted by Gasteiger charge is 2.04. The fraction of sp³-hybridized carbons (Fsp3) is 0.125. The highest BCUT2D eigenvalue weighted by Crippen LogP contribution is 2.21. The summed E-state index contributed by atoms with van der Waals surface area (Å²) in [7, 11) is 0. The minimum atomic E-state index is -0.0129. The maximum absolute atomic E-state index is 12.1. The molecule has 4 nitrogen and oxygen atoms in total. The van der Waals surface area contributed by atoms with E-state index in [9.17, 15) is 4.79 Å². The van der Waals surface area contributed by atoms with E-state index in [4.69, 9.17) is 5.73 Å². The standard InChI is InChI=1S/C16H15N3O.ClH/c1-10-2-3-12(9-18-10)11-4-5-15-14(6-11)16(20)7-13(8-17)19-15;/h2-7,9H,8,17H2,1H3,(H,19,20);1H. The molecule has 1 aromatic carbocycles. The van der Waals surface area contributed by atoms with Crippen LogP contribution in [0.2, 0.25) is 0 Å². The number of aromatic amines is 1. The Morgan fingerprint density at radius 1 is 1.14 bits per heavy atom. The minimum Gasteiger partial charge on any atom is -0.357 e. The van der Waals surface area contributed by atoms with Gasteiger partial charge in [-0.1, -0.05) is 12.1 Å². The van der Waals surface area contributed by atoms with Gasteiger partial charge in [-0.2, -0.15) is 0 Å². The van der Waals surface area contributed by atoms with Gasteiger partial charge in [-0.05, 0) is 30.7 Å². The van der Waals surface area contributed by atoms with Gasteiger partial charge in [0, 0.05) is 46.7 Å². The fourth-order valence-corrected chi connectivity index (χ4v) is 2.23. The molecule has 0 aliphatic carbocycles. The summed E-state index contributed by atoms with van der Waals surface area (Å²) in [4.78, 5) is 19.6. The molecule has 3 rings (SSSR count). The molecule has 0 aliphatic heterocycles. The molecule has 108 valence electrons. The topological polar surface area (TPSA) is 71.8 Å². The maximum atomic E-state index is 12.1. The Kier molecular flexibility index (Phi) is 4.40. The van der Waals surface area contributed by atoms with E-state index >= 15 is 0 Å². The molecule has 2 heterocycles. The van der Waals surface area contributed by atoms with E-state index in [2.05, 4.69) is 9.97 Å². The summed E-state index contributed by atoms with van der Waals surface area (Å²) in [5.41, 5.74) is 10.1. The average Bonchev–Trinajstić information content (AvgIpc) is 2.47. The van der Waals surface area contributed by atoms with Gasteiger partial charge in [0.2, 0.25) is 0 Å². The summed E-state index contributed by atoms with van der Waals surface area (Å²) in [6, 6.07) is 11.3. The summed E-state index contributed by atoms with van der Waals surface area (Å²) in [6.45, 7) is 2.28. The van der Waals surface area contributed by atoms with Crippen LogP contribution >= 0.6 is 12.4 Å². The van der Waals surface area contributed by atoms with Gasteiger partial charge in [-0.3, -0.25) is 9.78 Å². The molecule has 0 amide bonds. The largest absolute Gasteiger partial charge is 0.357 e. The normalized spacial score (nSPS) is 10.4. The molecule has 0 saturated heterocycles. The number of nitrogens with one attached hydrogen (secondary N) is 1. The number of hydrogen-bond donors (Lipinski definition) is 2. The Morgan fingerprint density at radius 2 is 1.90 bits per heavy atom. The van der Waals surface area contributed by atoms with E-state index in [0.717, 1.165) is 28.0 Å². The van der Waals surface area contributed by atoms with Crippen molar-refractivity contribution < 1.29 is 0 Å². The van der Waals surface area contributed by atoms with E-state index < -0.39 is 0 Å². The van der Waals surface area contributed by atoms with E-state index in [-0.39, 0.29) is 17.8 Å². The van der Waals surface area contributed by atoms with Crippen molar-refractivity contribution in [2.75, 3.05) is 0 Å². The number of H-pyrrole nitrogens is 1.